The number of carbonyl (C=O) groups is 1. The summed E-state index contributed by atoms with van der Waals surface area (Å²) < 4.78 is 5.22. The maximum absolute atomic E-state index is 12.4. The Balaban J connectivity index is 1.48. The number of ether oxygens (including phenoxy) is 1. The highest BCUT2D eigenvalue weighted by atomic mass is 16.5. The van der Waals surface area contributed by atoms with Crippen molar-refractivity contribution in [2.45, 2.75) is 31.6 Å². The maximum Gasteiger partial charge on any atom is 0.222 e. The first kappa shape index (κ1) is 15.6. The number of nitrogens with zero attached hydrogens (tertiary/aromatic N) is 2. The van der Waals surface area contributed by atoms with Gasteiger partial charge in [0.2, 0.25) is 5.91 Å². The third kappa shape index (κ3) is 3.92. The number of hydrogen-bond acceptors (Lipinski definition) is 3. The molecule has 3 rings (SSSR count). The number of benzene rings is 1. The summed E-state index contributed by atoms with van der Waals surface area (Å²) in [7, 11) is 1.66. The van der Waals surface area contributed by atoms with Crippen LogP contribution in [0.25, 0.3) is 0 Å². The van der Waals surface area contributed by atoms with Gasteiger partial charge < -0.3 is 14.6 Å². The van der Waals surface area contributed by atoms with Gasteiger partial charge in [0.15, 0.2) is 0 Å². The Bertz CT molecular complexity index is 631. The number of rotatable bonds is 5. The fraction of sp³-hybridized carbons (Fsp3) is 0.444. The molecule has 2 heterocycles. The summed E-state index contributed by atoms with van der Waals surface area (Å²) in [6.45, 7) is 1.64. The van der Waals surface area contributed by atoms with E-state index in [4.69, 9.17) is 4.74 Å². The Morgan fingerprint density at radius 3 is 2.91 bits per heavy atom. The minimum absolute atomic E-state index is 0.241. The van der Waals surface area contributed by atoms with Gasteiger partial charge in [0.05, 0.1) is 7.11 Å². The van der Waals surface area contributed by atoms with Crippen LogP contribution in [0.2, 0.25) is 0 Å². The number of likely N-dealkylation sites (tertiary alicyclic amines) is 1. The molecule has 122 valence electrons. The molecule has 0 bridgehead atoms. The molecule has 1 amide bonds. The number of carbonyl (C=O) groups excluding carboxylic acids is 1. The lowest BCUT2D eigenvalue weighted by Crippen LogP contribution is -2.38. The molecule has 0 aliphatic carbocycles. The number of aromatic nitrogens is 2. The molecular formula is C18H23N3O2. The summed E-state index contributed by atoms with van der Waals surface area (Å²) in [4.78, 5) is 21.9. The lowest BCUT2D eigenvalue weighted by Gasteiger charge is -2.31. The molecule has 23 heavy (non-hydrogen) atoms. The second-order valence-corrected chi connectivity index (χ2v) is 5.98. The van der Waals surface area contributed by atoms with E-state index in [0.29, 0.717) is 12.3 Å². The molecule has 2 aromatic rings. The van der Waals surface area contributed by atoms with Gasteiger partial charge in [-0.3, -0.25) is 4.79 Å². The minimum Gasteiger partial charge on any atom is -0.497 e. The largest absolute Gasteiger partial charge is 0.497 e. The first-order valence-corrected chi connectivity index (χ1v) is 8.16. The van der Waals surface area contributed by atoms with Gasteiger partial charge in [-0.2, -0.15) is 0 Å². The van der Waals surface area contributed by atoms with Crippen LogP contribution in [0.4, 0.5) is 0 Å². The Morgan fingerprint density at radius 1 is 1.39 bits per heavy atom. The van der Waals surface area contributed by atoms with E-state index in [1.807, 2.05) is 35.4 Å². The third-order valence-corrected chi connectivity index (χ3v) is 4.52. The molecule has 1 N–H and O–H groups in total. The summed E-state index contributed by atoms with van der Waals surface area (Å²) in [5.74, 6) is 2.58. The van der Waals surface area contributed by atoms with Crippen molar-refractivity contribution in [3.05, 3.63) is 48.0 Å². The monoisotopic (exact) mass is 313 g/mol. The van der Waals surface area contributed by atoms with Crippen molar-refractivity contribution in [1.29, 1.82) is 0 Å². The Kier molecular flexibility index (Phi) is 4.95. The van der Waals surface area contributed by atoms with Gasteiger partial charge in [0, 0.05) is 37.8 Å². The molecule has 5 nitrogen and oxygen atoms in total. The maximum atomic E-state index is 12.4. The standard InChI is InChI=1S/C18H23N3O2/c1-23-16-4-2-3-14(13-16)5-6-17(22)21-11-7-15(8-12-21)18-19-9-10-20-18/h2-4,9-10,13,15H,5-8,11-12H2,1H3,(H,19,20). The average Bonchev–Trinajstić information content (AvgIpc) is 3.14. The van der Waals surface area contributed by atoms with E-state index in [-0.39, 0.29) is 5.91 Å². The van der Waals surface area contributed by atoms with Crippen LogP contribution in [-0.4, -0.2) is 41.0 Å². The van der Waals surface area contributed by atoms with E-state index in [1.54, 1.807) is 13.3 Å². The van der Waals surface area contributed by atoms with Crippen molar-refractivity contribution >= 4 is 5.91 Å². The number of aryl methyl sites for hydroxylation is 1. The van der Waals surface area contributed by atoms with Crippen LogP contribution in [0, 0.1) is 0 Å². The number of aromatic amines is 1. The zero-order valence-corrected chi connectivity index (χ0v) is 13.5. The summed E-state index contributed by atoms with van der Waals surface area (Å²) in [6.07, 6.45) is 6.94. The van der Waals surface area contributed by atoms with Crippen LogP contribution < -0.4 is 4.74 Å². The van der Waals surface area contributed by atoms with E-state index in [9.17, 15) is 4.79 Å². The lowest BCUT2D eigenvalue weighted by molar-refractivity contribution is -0.132. The topological polar surface area (TPSA) is 58.2 Å². The van der Waals surface area contributed by atoms with Crippen molar-refractivity contribution < 1.29 is 9.53 Å². The number of piperidine rings is 1. The zero-order valence-electron chi connectivity index (χ0n) is 13.5. The highest BCUT2D eigenvalue weighted by Crippen LogP contribution is 2.25. The van der Waals surface area contributed by atoms with E-state index >= 15 is 0 Å². The molecule has 0 spiro atoms. The summed E-state index contributed by atoms with van der Waals surface area (Å²) in [5, 5.41) is 0. The number of hydrogen-bond donors (Lipinski definition) is 1. The van der Waals surface area contributed by atoms with Crippen molar-refractivity contribution in [3.8, 4) is 5.75 Å². The molecule has 1 fully saturated rings. The van der Waals surface area contributed by atoms with Gasteiger partial charge in [0.1, 0.15) is 11.6 Å². The number of amides is 1. The second kappa shape index (κ2) is 7.31. The molecule has 0 radical (unpaired) electrons. The Hall–Kier alpha value is -2.30. The van der Waals surface area contributed by atoms with Gasteiger partial charge in [-0.05, 0) is 37.0 Å². The minimum atomic E-state index is 0.241. The Labute approximate surface area is 136 Å². The average molecular weight is 313 g/mol. The lowest BCUT2D eigenvalue weighted by atomic mass is 9.95. The van der Waals surface area contributed by atoms with Crippen molar-refractivity contribution in [1.82, 2.24) is 14.9 Å². The first-order chi connectivity index (χ1) is 11.3. The zero-order chi connectivity index (χ0) is 16.1. The molecule has 5 heteroatoms. The van der Waals surface area contributed by atoms with Gasteiger partial charge in [0.25, 0.3) is 0 Å². The molecule has 0 unspecified atom stereocenters. The molecule has 1 aliphatic heterocycles. The van der Waals surface area contributed by atoms with Crippen LogP contribution in [-0.2, 0) is 11.2 Å². The summed E-state index contributed by atoms with van der Waals surface area (Å²) in [6, 6.07) is 7.92. The molecule has 0 saturated carbocycles. The SMILES string of the molecule is COc1cccc(CCC(=O)N2CCC(c3ncc[nH]3)CC2)c1. The van der Waals surface area contributed by atoms with Crippen molar-refractivity contribution in [2.24, 2.45) is 0 Å². The molecule has 1 aromatic carbocycles. The number of imidazole rings is 1. The quantitative estimate of drug-likeness (QED) is 0.923. The van der Waals surface area contributed by atoms with E-state index in [2.05, 4.69) is 9.97 Å². The van der Waals surface area contributed by atoms with Gasteiger partial charge in [-0.15, -0.1) is 0 Å². The van der Waals surface area contributed by atoms with E-state index in [1.165, 1.54) is 0 Å². The summed E-state index contributed by atoms with van der Waals surface area (Å²) in [5.41, 5.74) is 1.14. The highest BCUT2D eigenvalue weighted by molar-refractivity contribution is 5.76. The van der Waals surface area contributed by atoms with Gasteiger partial charge >= 0.3 is 0 Å². The molecule has 1 saturated heterocycles. The van der Waals surface area contributed by atoms with Crippen molar-refractivity contribution in [3.63, 3.8) is 0 Å². The van der Waals surface area contributed by atoms with Crippen LogP contribution in [0.3, 0.4) is 0 Å². The predicted molar refractivity (Wildman–Crippen MR) is 88.5 cm³/mol. The van der Waals surface area contributed by atoms with Gasteiger partial charge in [-0.25, -0.2) is 4.98 Å². The second-order valence-electron chi connectivity index (χ2n) is 5.98. The fourth-order valence-corrected chi connectivity index (χ4v) is 3.14. The van der Waals surface area contributed by atoms with Gasteiger partial charge in [-0.1, -0.05) is 12.1 Å². The van der Waals surface area contributed by atoms with E-state index < -0.39 is 0 Å². The van der Waals surface area contributed by atoms with Crippen LogP contribution >= 0.6 is 0 Å². The van der Waals surface area contributed by atoms with Crippen LogP contribution in [0.15, 0.2) is 36.7 Å². The van der Waals surface area contributed by atoms with Crippen LogP contribution in [0.1, 0.15) is 36.6 Å². The predicted octanol–water partition coefficient (Wildman–Crippen LogP) is 2.76. The smallest absolute Gasteiger partial charge is 0.222 e. The Morgan fingerprint density at radius 2 is 2.22 bits per heavy atom. The molecule has 1 aromatic heterocycles. The summed E-state index contributed by atoms with van der Waals surface area (Å²) >= 11 is 0. The third-order valence-electron chi connectivity index (χ3n) is 4.52. The molecular weight excluding hydrogens is 290 g/mol. The van der Waals surface area contributed by atoms with Crippen molar-refractivity contribution in [2.75, 3.05) is 20.2 Å². The molecule has 1 aliphatic rings. The number of nitrogens with one attached hydrogen (secondary N) is 1. The first-order valence-electron chi connectivity index (χ1n) is 8.16. The van der Waals surface area contributed by atoms with E-state index in [0.717, 1.165) is 49.5 Å². The molecule has 0 atom stereocenters. The number of methoxy groups -OCH3 is 1. The van der Waals surface area contributed by atoms with Crippen LogP contribution in [0.5, 0.6) is 5.75 Å². The number of H-pyrrole nitrogens is 1. The normalized spacial score (nSPS) is 15.6. The fourth-order valence-electron chi connectivity index (χ4n) is 3.14. The highest BCUT2D eigenvalue weighted by Gasteiger charge is 2.24.